The number of carbonyl (C=O) groups is 1. The highest BCUT2D eigenvalue weighted by molar-refractivity contribution is 6.12. The molecule has 0 aromatic heterocycles. The summed E-state index contributed by atoms with van der Waals surface area (Å²) < 4.78 is 0. The van der Waals surface area contributed by atoms with Gasteiger partial charge in [-0.05, 0) is 18.2 Å². The van der Waals surface area contributed by atoms with Gasteiger partial charge in [-0.1, -0.05) is 30.3 Å². The molecule has 0 atom stereocenters. The van der Waals surface area contributed by atoms with Gasteiger partial charge in [0.2, 0.25) is 0 Å². The maximum atomic E-state index is 11.9. The number of nitrogen functional groups attached to an aromatic ring is 1. The number of anilines is 1. The summed E-state index contributed by atoms with van der Waals surface area (Å²) in [6.07, 6.45) is 0. The highest BCUT2D eigenvalue weighted by Crippen LogP contribution is 2.19. The number of aromatic hydroxyl groups is 1. The molecule has 5 heteroatoms. The van der Waals surface area contributed by atoms with Crippen LogP contribution in [0.1, 0.15) is 15.9 Å². The number of benzene rings is 2. The van der Waals surface area contributed by atoms with Gasteiger partial charge in [-0.25, -0.2) is 0 Å². The Labute approximate surface area is 110 Å². The maximum absolute atomic E-state index is 11.9. The number of amidine groups is 1. The Kier molecular flexibility index (Phi) is 3.47. The van der Waals surface area contributed by atoms with E-state index in [9.17, 15) is 9.90 Å². The van der Waals surface area contributed by atoms with E-state index < -0.39 is 5.91 Å². The number of nitrogens with two attached hydrogens (primary N) is 1. The van der Waals surface area contributed by atoms with Crippen LogP contribution < -0.4 is 11.1 Å². The topological polar surface area (TPSA) is 99.2 Å². The summed E-state index contributed by atoms with van der Waals surface area (Å²) in [5.74, 6) is -0.779. The van der Waals surface area contributed by atoms with Crippen molar-refractivity contribution in [1.29, 1.82) is 5.41 Å². The summed E-state index contributed by atoms with van der Waals surface area (Å²) in [4.78, 5) is 11.9. The van der Waals surface area contributed by atoms with Crippen molar-refractivity contribution in [2.24, 2.45) is 0 Å². The zero-order chi connectivity index (χ0) is 13.8. The third kappa shape index (κ3) is 2.90. The van der Waals surface area contributed by atoms with Gasteiger partial charge in [-0.3, -0.25) is 10.2 Å². The van der Waals surface area contributed by atoms with Crippen LogP contribution in [-0.4, -0.2) is 16.8 Å². The number of hydrogen-bond acceptors (Lipinski definition) is 4. The summed E-state index contributed by atoms with van der Waals surface area (Å²) in [5.41, 5.74) is 6.56. The van der Waals surface area contributed by atoms with Crippen molar-refractivity contribution in [3.63, 3.8) is 0 Å². The molecule has 2 aromatic carbocycles. The molecule has 19 heavy (non-hydrogen) atoms. The number of phenolic OH excluding ortho intramolecular Hbond substituents is 1. The van der Waals surface area contributed by atoms with Gasteiger partial charge in [-0.15, -0.1) is 0 Å². The van der Waals surface area contributed by atoms with E-state index in [0.29, 0.717) is 11.3 Å². The largest absolute Gasteiger partial charge is 0.507 e. The van der Waals surface area contributed by atoms with Crippen molar-refractivity contribution in [1.82, 2.24) is 5.32 Å². The first kappa shape index (κ1) is 12.6. The molecule has 0 fully saturated rings. The molecule has 0 radical (unpaired) electrons. The van der Waals surface area contributed by atoms with Gasteiger partial charge < -0.3 is 16.2 Å². The van der Waals surface area contributed by atoms with Crippen molar-refractivity contribution < 1.29 is 9.90 Å². The number of nitrogens with one attached hydrogen (secondary N) is 2. The lowest BCUT2D eigenvalue weighted by Crippen LogP contribution is -2.30. The first-order chi connectivity index (χ1) is 9.08. The molecule has 5 N–H and O–H groups in total. The summed E-state index contributed by atoms with van der Waals surface area (Å²) in [7, 11) is 0. The quantitative estimate of drug-likeness (QED) is 0.284. The maximum Gasteiger partial charge on any atom is 0.260 e. The standard InChI is InChI=1S/C14H13N3O2/c15-10-6-7-12(18)11(8-10)14(19)17-13(16)9-4-2-1-3-5-9/h1-8,18H,15H2,(H2,16,17,19). The lowest BCUT2D eigenvalue weighted by molar-refractivity contribution is 0.0974. The SMILES string of the molecule is N=C(NC(=O)c1cc(N)ccc1O)c1ccccc1. The first-order valence-corrected chi connectivity index (χ1v) is 5.62. The molecule has 0 saturated heterocycles. The molecule has 0 aliphatic heterocycles. The van der Waals surface area contributed by atoms with E-state index in [1.165, 1.54) is 18.2 Å². The van der Waals surface area contributed by atoms with Crippen molar-refractivity contribution in [2.75, 3.05) is 5.73 Å². The molecule has 96 valence electrons. The normalized spacial score (nSPS) is 9.89. The van der Waals surface area contributed by atoms with Crippen molar-refractivity contribution in [2.45, 2.75) is 0 Å². The highest BCUT2D eigenvalue weighted by atomic mass is 16.3. The molecule has 1 amide bonds. The van der Waals surface area contributed by atoms with Crippen LogP contribution in [0.2, 0.25) is 0 Å². The van der Waals surface area contributed by atoms with E-state index in [4.69, 9.17) is 11.1 Å². The lowest BCUT2D eigenvalue weighted by Gasteiger charge is -2.08. The Morgan fingerprint density at radius 1 is 1.16 bits per heavy atom. The number of hydrogen-bond donors (Lipinski definition) is 4. The van der Waals surface area contributed by atoms with Crippen molar-refractivity contribution in [3.8, 4) is 5.75 Å². The zero-order valence-electron chi connectivity index (χ0n) is 10.1. The number of phenols is 1. The Morgan fingerprint density at radius 2 is 1.84 bits per heavy atom. The molecular weight excluding hydrogens is 242 g/mol. The summed E-state index contributed by atoms with van der Waals surface area (Å²) >= 11 is 0. The van der Waals surface area contributed by atoms with Crippen LogP contribution in [0.5, 0.6) is 5.75 Å². The van der Waals surface area contributed by atoms with Crippen LogP contribution in [-0.2, 0) is 0 Å². The van der Waals surface area contributed by atoms with Gasteiger partial charge in [0.1, 0.15) is 11.6 Å². The highest BCUT2D eigenvalue weighted by Gasteiger charge is 2.13. The second kappa shape index (κ2) is 5.22. The number of carbonyl (C=O) groups excluding carboxylic acids is 1. The number of rotatable bonds is 2. The second-order valence-electron chi connectivity index (χ2n) is 3.97. The summed E-state index contributed by atoms with van der Waals surface area (Å²) in [6.45, 7) is 0. The van der Waals surface area contributed by atoms with E-state index in [1.54, 1.807) is 24.3 Å². The monoisotopic (exact) mass is 255 g/mol. The zero-order valence-corrected chi connectivity index (χ0v) is 10.1. The Bertz CT molecular complexity index is 624. The van der Waals surface area contributed by atoms with Crippen LogP contribution in [0.3, 0.4) is 0 Å². The summed E-state index contributed by atoms with van der Waals surface area (Å²) in [5, 5.41) is 19.8. The van der Waals surface area contributed by atoms with Gasteiger partial charge in [0.15, 0.2) is 0 Å². The molecular formula is C14H13N3O2. The summed E-state index contributed by atoms with van der Waals surface area (Å²) in [6, 6.07) is 13.0. The molecule has 0 aliphatic rings. The molecule has 0 bridgehead atoms. The van der Waals surface area contributed by atoms with E-state index in [1.807, 2.05) is 6.07 Å². The van der Waals surface area contributed by atoms with Gasteiger partial charge >= 0.3 is 0 Å². The van der Waals surface area contributed by atoms with Crippen LogP contribution in [0.15, 0.2) is 48.5 Å². The predicted molar refractivity (Wildman–Crippen MR) is 73.3 cm³/mol. The molecule has 0 saturated carbocycles. The fourth-order valence-electron chi connectivity index (χ4n) is 1.59. The third-order valence-corrected chi connectivity index (χ3v) is 2.57. The van der Waals surface area contributed by atoms with Crippen molar-refractivity contribution >= 4 is 17.4 Å². The molecule has 2 rings (SSSR count). The molecule has 0 unspecified atom stereocenters. The third-order valence-electron chi connectivity index (χ3n) is 2.57. The van der Waals surface area contributed by atoms with E-state index >= 15 is 0 Å². The smallest absolute Gasteiger partial charge is 0.260 e. The molecule has 2 aromatic rings. The average Bonchev–Trinajstić information content (AvgIpc) is 2.42. The minimum Gasteiger partial charge on any atom is -0.507 e. The molecule has 0 aliphatic carbocycles. The lowest BCUT2D eigenvalue weighted by atomic mass is 10.1. The van der Waals surface area contributed by atoms with Crippen LogP contribution in [0, 0.1) is 5.41 Å². The van der Waals surface area contributed by atoms with Gasteiger partial charge in [-0.2, -0.15) is 0 Å². The van der Waals surface area contributed by atoms with E-state index in [-0.39, 0.29) is 17.1 Å². The van der Waals surface area contributed by atoms with E-state index in [0.717, 1.165) is 0 Å². The van der Waals surface area contributed by atoms with Gasteiger partial charge in [0, 0.05) is 11.3 Å². The fourth-order valence-corrected chi connectivity index (χ4v) is 1.59. The minimum atomic E-state index is -0.571. The molecule has 0 spiro atoms. The first-order valence-electron chi connectivity index (χ1n) is 5.62. The van der Waals surface area contributed by atoms with Crippen LogP contribution in [0.25, 0.3) is 0 Å². The van der Waals surface area contributed by atoms with Crippen molar-refractivity contribution in [3.05, 3.63) is 59.7 Å². The molecule has 0 heterocycles. The minimum absolute atomic E-state index is 0.0348. The second-order valence-corrected chi connectivity index (χ2v) is 3.97. The Hall–Kier alpha value is -2.82. The Balaban J connectivity index is 2.18. The van der Waals surface area contributed by atoms with E-state index in [2.05, 4.69) is 5.32 Å². The fraction of sp³-hybridized carbons (Fsp3) is 0. The predicted octanol–water partition coefficient (Wildman–Crippen LogP) is 1.73. The van der Waals surface area contributed by atoms with Gasteiger partial charge in [0.25, 0.3) is 5.91 Å². The van der Waals surface area contributed by atoms with Gasteiger partial charge in [0.05, 0.1) is 5.56 Å². The van der Waals surface area contributed by atoms with Crippen LogP contribution >= 0.6 is 0 Å². The molecule has 5 nitrogen and oxygen atoms in total. The van der Waals surface area contributed by atoms with Crippen LogP contribution in [0.4, 0.5) is 5.69 Å². The average molecular weight is 255 g/mol. The number of amides is 1. The Morgan fingerprint density at radius 3 is 2.53 bits per heavy atom.